The maximum absolute atomic E-state index is 5.49. The Morgan fingerprint density at radius 2 is 2.28 bits per heavy atom. The summed E-state index contributed by atoms with van der Waals surface area (Å²) >= 11 is 1.63. The van der Waals surface area contributed by atoms with E-state index in [9.17, 15) is 0 Å². The summed E-state index contributed by atoms with van der Waals surface area (Å²) in [6.45, 7) is 4.76. The van der Waals surface area contributed by atoms with Crippen molar-refractivity contribution in [2.24, 2.45) is 5.73 Å². The molecule has 2 N–H and O–H groups in total. The molecule has 0 radical (unpaired) electrons. The van der Waals surface area contributed by atoms with Crippen molar-refractivity contribution in [1.29, 1.82) is 0 Å². The van der Waals surface area contributed by atoms with Gasteiger partial charge in [-0.15, -0.1) is 11.3 Å². The minimum Gasteiger partial charge on any atom is -0.339 e. The lowest BCUT2D eigenvalue weighted by molar-refractivity contribution is 0.348. The summed E-state index contributed by atoms with van der Waals surface area (Å²) in [5.74, 6) is 1.68. The first-order valence-electron chi connectivity index (χ1n) is 6.12. The maximum atomic E-state index is 5.49. The van der Waals surface area contributed by atoms with Gasteiger partial charge in [-0.05, 0) is 26.3 Å². The summed E-state index contributed by atoms with van der Waals surface area (Å²) in [6.07, 6.45) is 2.60. The minimum atomic E-state index is 0.271. The lowest BCUT2D eigenvalue weighted by Gasteiger charge is -2.03. The van der Waals surface area contributed by atoms with Crippen LogP contribution in [0.1, 0.15) is 48.1 Å². The molecule has 6 heteroatoms. The Labute approximate surface area is 110 Å². The van der Waals surface area contributed by atoms with Gasteiger partial charge in [0.1, 0.15) is 5.01 Å². The first kappa shape index (κ1) is 13.2. The molecule has 0 amide bonds. The van der Waals surface area contributed by atoms with Crippen molar-refractivity contribution in [3.63, 3.8) is 0 Å². The van der Waals surface area contributed by atoms with Gasteiger partial charge in [0.25, 0.3) is 0 Å². The Morgan fingerprint density at radius 3 is 2.94 bits per heavy atom. The number of rotatable bonds is 6. The van der Waals surface area contributed by atoms with Crippen LogP contribution in [-0.2, 0) is 6.42 Å². The Hall–Kier alpha value is -1.27. The molecular weight excluding hydrogens is 248 g/mol. The fourth-order valence-corrected chi connectivity index (χ4v) is 2.47. The van der Waals surface area contributed by atoms with Crippen molar-refractivity contribution in [2.75, 3.05) is 6.54 Å². The first-order valence-corrected chi connectivity index (χ1v) is 7.00. The van der Waals surface area contributed by atoms with E-state index in [1.54, 1.807) is 11.3 Å². The van der Waals surface area contributed by atoms with Crippen LogP contribution in [0.25, 0.3) is 0 Å². The van der Waals surface area contributed by atoms with Gasteiger partial charge in [-0.3, -0.25) is 0 Å². The van der Waals surface area contributed by atoms with Gasteiger partial charge in [0.05, 0.1) is 6.42 Å². The summed E-state index contributed by atoms with van der Waals surface area (Å²) in [4.78, 5) is 8.81. The summed E-state index contributed by atoms with van der Waals surface area (Å²) in [6, 6.07) is 0. The van der Waals surface area contributed by atoms with Crippen LogP contribution in [0.15, 0.2) is 9.90 Å². The second-order valence-electron chi connectivity index (χ2n) is 4.44. The molecule has 2 rings (SSSR count). The zero-order valence-corrected chi connectivity index (χ0v) is 11.5. The Morgan fingerprint density at radius 1 is 1.44 bits per heavy atom. The third-order valence-electron chi connectivity index (χ3n) is 2.72. The van der Waals surface area contributed by atoms with Crippen molar-refractivity contribution in [3.8, 4) is 0 Å². The highest BCUT2D eigenvalue weighted by atomic mass is 32.1. The highest BCUT2D eigenvalue weighted by molar-refractivity contribution is 7.09. The Bertz CT molecular complexity index is 494. The second kappa shape index (κ2) is 6.06. The molecule has 0 aliphatic heterocycles. The van der Waals surface area contributed by atoms with Crippen LogP contribution in [-0.4, -0.2) is 21.7 Å². The molecule has 5 nitrogen and oxygen atoms in total. The molecule has 18 heavy (non-hydrogen) atoms. The molecule has 0 aromatic carbocycles. The van der Waals surface area contributed by atoms with Crippen LogP contribution in [0.3, 0.4) is 0 Å². The molecule has 0 aliphatic rings. The molecule has 2 aromatic rings. The van der Waals surface area contributed by atoms with Gasteiger partial charge in [0, 0.05) is 17.0 Å². The van der Waals surface area contributed by atoms with Gasteiger partial charge in [-0.2, -0.15) is 4.98 Å². The average molecular weight is 266 g/mol. The summed E-state index contributed by atoms with van der Waals surface area (Å²) < 4.78 is 5.28. The average Bonchev–Trinajstić information content (AvgIpc) is 2.96. The molecule has 0 spiro atoms. The molecule has 2 heterocycles. The fraction of sp³-hybridized carbons (Fsp3) is 0.583. The highest BCUT2D eigenvalue weighted by Crippen LogP contribution is 2.19. The number of aryl methyl sites for hydroxylation is 1. The summed E-state index contributed by atoms with van der Waals surface area (Å²) in [7, 11) is 0. The number of thiazole rings is 1. The largest absolute Gasteiger partial charge is 0.339 e. The Balaban J connectivity index is 1.97. The maximum Gasteiger partial charge on any atom is 0.229 e. The number of nitrogens with two attached hydrogens (primary N) is 1. The van der Waals surface area contributed by atoms with Gasteiger partial charge < -0.3 is 10.3 Å². The number of nitrogens with zero attached hydrogens (tertiary/aromatic N) is 3. The van der Waals surface area contributed by atoms with E-state index in [1.807, 2.05) is 12.3 Å². The molecule has 0 saturated heterocycles. The molecule has 0 aliphatic carbocycles. The van der Waals surface area contributed by atoms with Gasteiger partial charge in [0.15, 0.2) is 5.82 Å². The van der Waals surface area contributed by atoms with E-state index in [0.717, 1.165) is 23.5 Å². The molecule has 2 aromatic heterocycles. The van der Waals surface area contributed by atoms with E-state index in [-0.39, 0.29) is 5.92 Å². The predicted molar refractivity (Wildman–Crippen MR) is 70.7 cm³/mol. The highest BCUT2D eigenvalue weighted by Gasteiger charge is 2.14. The fourth-order valence-electron chi connectivity index (χ4n) is 1.71. The lowest BCUT2D eigenvalue weighted by atomic mass is 10.1. The minimum absolute atomic E-state index is 0.271. The van der Waals surface area contributed by atoms with Crippen molar-refractivity contribution in [3.05, 3.63) is 27.8 Å². The summed E-state index contributed by atoms with van der Waals surface area (Å²) in [5.41, 5.74) is 6.53. The number of hydrogen-bond donors (Lipinski definition) is 1. The zero-order chi connectivity index (χ0) is 13.0. The topological polar surface area (TPSA) is 77.8 Å². The van der Waals surface area contributed by atoms with Gasteiger partial charge >= 0.3 is 0 Å². The van der Waals surface area contributed by atoms with E-state index in [0.29, 0.717) is 24.7 Å². The van der Waals surface area contributed by atoms with Crippen LogP contribution in [0.2, 0.25) is 0 Å². The van der Waals surface area contributed by atoms with Crippen molar-refractivity contribution >= 4 is 11.3 Å². The Kier molecular flexibility index (Phi) is 4.43. The van der Waals surface area contributed by atoms with Crippen LogP contribution in [0.5, 0.6) is 0 Å². The van der Waals surface area contributed by atoms with E-state index < -0.39 is 0 Å². The third kappa shape index (κ3) is 3.36. The smallest absolute Gasteiger partial charge is 0.229 e. The molecule has 98 valence electrons. The van der Waals surface area contributed by atoms with Crippen molar-refractivity contribution < 1.29 is 4.52 Å². The van der Waals surface area contributed by atoms with E-state index in [2.05, 4.69) is 22.0 Å². The van der Waals surface area contributed by atoms with Gasteiger partial charge in [0.2, 0.25) is 5.89 Å². The third-order valence-corrected chi connectivity index (χ3v) is 3.69. The molecule has 1 unspecified atom stereocenters. The second-order valence-corrected chi connectivity index (χ2v) is 5.38. The van der Waals surface area contributed by atoms with E-state index in [1.165, 1.54) is 0 Å². The SMILES string of the molecule is Cc1csc(Cc2noc(C(C)CCCN)n2)n1. The first-order chi connectivity index (χ1) is 8.69. The molecule has 0 bridgehead atoms. The monoisotopic (exact) mass is 266 g/mol. The number of aromatic nitrogens is 3. The van der Waals surface area contributed by atoms with Crippen molar-refractivity contribution in [2.45, 2.75) is 39.0 Å². The lowest BCUT2D eigenvalue weighted by Crippen LogP contribution is -2.02. The predicted octanol–water partition coefficient (Wildman–Crippen LogP) is 2.27. The van der Waals surface area contributed by atoms with Gasteiger partial charge in [-0.25, -0.2) is 4.98 Å². The van der Waals surface area contributed by atoms with Gasteiger partial charge in [-0.1, -0.05) is 12.1 Å². The molecule has 0 fully saturated rings. The quantitative estimate of drug-likeness (QED) is 0.867. The molecule has 1 atom stereocenters. The van der Waals surface area contributed by atoms with Crippen LogP contribution in [0.4, 0.5) is 0 Å². The normalized spacial score (nSPS) is 12.8. The zero-order valence-electron chi connectivity index (χ0n) is 10.7. The number of hydrogen-bond acceptors (Lipinski definition) is 6. The molecule has 0 saturated carbocycles. The standard InChI is InChI=1S/C12H18N4OS/c1-8(4-3-5-13)12-15-10(16-17-12)6-11-14-9(2)7-18-11/h7-8H,3-6,13H2,1-2H3. The van der Waals surface area contributed by atoms with Crippen LogP contribution < -0.4 is 5.73 Å². The van der Waals surface area contributed by atoms with E-state index >= 15 is 0 Å². The molecular formula is C12H18N4OS. The van der Waals surface area contributed by atoms with Crippen molar-refractivity contribution in [1.82, 2.24) is 15.1 Å². The van der Waals surface area contributed by atoms with Crippen LogP contribution in [0, 0.1) is 6.92 Å². The summed E-state index contributed by atoms with van der Waals surface area (Å²) in [5, 5.41) is 7.05. The van der Waals surface area contributed by atoms with E-state index in [4.69, 9.17) is 10.3 Å². The van der Waals surface area contributed by atoms with Crippen LogP contribution >= 0.6 is 11.3 Å².